The summed E-state index contributed by atoms with van der Waals surface area (Å²) >= 11 is 3.34. The first kappa shape index (κ1) is 11.7. The van der Waals surface area contributed by atoms with E-state index in [0.29, 0.717) is 11.3 Å². The van der Waals surface area contributed by atoms with Crippen molar-refractivity contribution in [1.29, 1.82) is 5.26 Å². The maximum Gasteiger partial charge on any atom is 0.146 e. The maximum absolute atomic E-state index is 9.09. The number of hydrogen-bond donors (Lipinski definition) is 0. The first-order valence-electron chi connectivity index (χ1n) is 5.14. The summed E-state index contributed by atoms with van der Waals surface area (Å²) in [7, 11) is 0. The van der Waals surface area contributed by atoms with Gasteiger partial charge in [-0.25, -0.2) is 0 Å². The first-order chi connectivity index (χ1) is 8.22. The third kappa shape index (κ3) is 2.48. The third-order valence-corrected chi connectivity index (χ3v) is 3.06. The fourth-order valence-corrected chi connectivity index (χ4v) is 1.92. The molecule has 2 aromatic rings. The Kier molecular flexibility index (Phi) is 3.46. The van der Waals surface area contributed by atoms with Crippen LogP contribution in [-0.2, 0) is 0 Å². The number of nitriles is 1. The van der Waals surface area contributed by atoms with Crippen molar-refractivity contribution in [3.63, 3.8) is 0 Å². The lowest BCUT2D eigenvalue weighted by molar-refractivity contribution is 0.477. The van der Waals surface area contributed by atoms with E-state index in [4.69, 9.17) is 10.00 Å². The number of halogens is 1. The molecule has 0 unspecified atom stereocenters. The Morgan fingerprint density at radius 3 is 2.47 bits per heavy atom. The molecule has 0 heterocycles. The van der Waals surface area contributed by atoms with Gasteiger partial charge < -0.3 is 4.74 Å². The SMILES string of the molecule is Cc1ccccc1Oc1cccc(Br)c1C#N. The average Bonchev–Trinajstić information content (AvgIpc) is 2.32. The van der Waals surface area contributed by atoms with Gasteiger partial charge in [0.15, 0.2) is 0 Å². The topological polar surface area (TPSA) is 33.0 Å². The minimum absolute atomic E-state index is 0.510. The molecule has 3 heteroatoms. The zero-order chi connectivity index (χ0) is 12.3. The molecular formula is C14H10BrNO. The lowest BCUT2D eigenvalue weighted by Gasteiger charge is -2.10. The number of ether oxygens (including phenoxy) is 1. The smallest absolute Gasteiger partial charge is 0.146 e. The number of hydrogen-bond acceptors (Lipinski definition) is 2. The van der Waals surface area contributed by atoms with Gasteiger partial charge in [-0.05, 0) is 46.6 Å². The molecular weight excluding hydrogens is 278 g/mol. The van der Waals surface area contributed by atoms with E-state index in [0.717, 1.165) is 15.8 Å². The number of aryl methyl sites for hydroxylation is 1. The van der Waals surface area contributed by atoms with E-state index < -0.39 is 0 Å². The van der Waals surface area contributed by atoms with Crippen molar-refractivity contribution in [3.8, 4) is 17.6 Å². The van der Waals surface area contributed by atoms with Crippen LogP contribution in [0.3, 0.4) is 0 Å². The number of benzene rings is 2. The van der Waals surface area contributed by atoms with Crippen molar-refractivity contribution in [1.82, 2.24) is 0 Å². The normalized spacial score (nSPS) is 9.71. The van der Waals surface area contributed by atoms with E-state index in [1.807, 2.05) is 43.3 Å². The Labute approximate surface area is 109 Å². The van der Waals surface area contributed by atoms with Crippen molar-refractivity contribution in [2.75, 3.05) is 0 Å². The predicted molar refractivity (Wildman–Crippen MR) is 70.1 cm³/mol. The molecule has 2 rings (SSSR count). The van der Waals surface area contributed by atoms with Gasteiger partial charge in [0.1, 0.15) is 23.1 Å². The fourth-order valence-electron chi connectivity index (χ4n) is 1.49. The van der Waals surface area contributed by atoms with Gasteiger partial charge in [-0.15, -0.1) is 0 Å². The van der Waals surface area contributed by atoms with Crippen LogP contribution >= 0.6 is 15.9 Å². The number of nitrogens with zero attached hydrogens (tertiary/aromatic N) is 1. The second kappa shape index (κ2) is 5.03. The Balaban J connectivity index is 2.41. The van der Waals surface area contributed by atoms with Crippen LogP contribution in [0.2, 0.25) is 0 Å². The molecule has 0 aliphatic heterocycles. The maximum atomic E-state index is 9.09. The summed E-state index contributed by atoms with van der Waals surface area (Å²) in [5.74, 6) is 1.33. The monoisotopic (exact) mass is 287 g/mol. The molecule has 0 fully saturated rings. The highest BCUT2D eigenvalue weighted by Gasteiger charge is 2.08. The molecule has 2 nitrogen and oxygen atoms in total. The van der Waals surface area contributed by atoms with Crippen molar-refractivity contribution >= 4 is 15.9 Å². The predicted octanol–water partition coefficient (Wildman–Crippen LogP) is 4.42. The largest absolute Gasteiger partial charge is 0.456 e. The highest BCUT2D eigenvalue weighted by molar-refractivity contribution is 9.10. The highest BCUT2D eigenvalue weighted by Crippen LogP contribution is 2.31. The molecule has 84 valence electrons. The second-order valence-corrected chi connectivity index (χ2v) is 4.45. The summed E-state index contributed by atoms with van der Waals surface area (Å²) in [6.07, 6.45) is 0. The first-order valence-corrected chi connectivity index (χ1v) is 5.94. The van der Waals surface area contributed by atoms with Gasteiger partial charge in [-0.3, -0.25) is 0 Å². The molecule has 0 spiro atoms. The minimum atomic E-state index is 0.510. The Morgan fingerprint density at radius 2 is 1.76 bits per heavy atom. The van der Waals surface area contributed by atoms with Crippen molar-refractivity contribution < 1.29 is 4.74 Å². The summed E-state index contributed by atoms with van der Waals surface area (Å²) in [6, 6.07) is 15.3. The van der Waals surface area contributed by atoms with Gasteiger partial charge in [0, 0.05) is 4.47 Å². The van der Waals surface area contributed by atoms with Crippen LogP contribution in [0.4, 0.5) is 0 Å². The molecule has 17 heavy (non-hydrogen) atoms. The van der Waals surface area contributed by atoms with E-state index in [1.165, 1.54) is 0 Å². The molecule has 0 aliphatic rings. The zero-order valence-corrected chi connectivity index (χ0v) is 10.9. The van der Waals surface area contributed by atoms with Crippen molar-refractivity contribution in [3.05, 3.63) is 58.1 Å². The number of para-hydroxylation sites is 1. The van der Waals surface area contributed by atoms with Crippen molar-refractivity contribution in [2.24, 2.45) is 0 Å². The number of rotatable bonds is 2. The van der Waals surface area contributed by atoms with E-state index in [-0.39, 0.29) is 0 Å². The summed E-state index contributed by atoms with van der Waals surface area (Å²) in [6.45, 7) is 1.97. The van der Waals surface area contributed by atoms with Crippen LogP contribution in [0.15, 0.2) is 46.9 Å². The fraction of sp³-hybridized carbons (Fsp3) is 0.0714. The molecule has 0 aromatic heterocycles. The van der Waals surface area contributed by atoms with Gasteiger partial charge in [-0.1, -0.05) is 24.3 Å². The highest BCUT2D eigenvalue weighted by atomic mass is 79.9. The van der Waals surface area contributed by atoms with Gasteiger partial charge in [0.05, 0.1) is 0 Å². The van der Waals surface area contributed by atoms with Gasteiger partial charge in [0.25, 0.3) is 0 Å². The quantitative estimate of drug-likeness (QED) is 0.819. The molecule has 0 saturated carbocycles. The molecule has 0 atom stereocenters. The third-order valence-electron chi connectivity index (χ3n) is 2.40. The van der Waals surface area contributed by atoms with Crippen LogP contribution < -0.4 is 4.74 Å². The van der Waals surface area contributed by atoms with Crippen LogP contribution in [0, 0.1) is 18.3 Å². The van der Waals surface area contributed by atoms with Crippen molar-refractivity contribution in [2.45, 2.75) is 6.92 Å². The minimum Gasteiger partial charge on any atom is -0.456 e. The lowest BCUT2D eigenvalue weighted by atomic mass is 10.2. The molecule has 0 radical (unpaired) electrons. The summed E-state index contributed by atoms with van der Waals surface area (Å²) < 4.78 is 6.50. The van der Waals surface area contributed by atoms with Gasteiger partial charge >= 0.3 is 0 Å². The van der Waals surface area contributed by atoms with E-state index in [2.05, 4.69) is 22.0 Å². The summed E-state index contributed by atoms with van der Waals surface area (Å²) in [5, 5.41) is 9.09. The summed E-state index contributed by atoms with van der Waals surface area (Å²) in [5.41, 5.74) is 1.55. The van der Waals surface area contributed by atoms with Gasteiger partial charge in [0.2, 0.25) is 0 Å². The second-order valence-electron chi connectivity index (χ2n) is 3.59. The molecule has 0 bridgehead atoms. The lowest BCUT2D eigenvalue weighted by Crippen LogP contribution is -1.90. The standard InChI is InChI=1S/C14H10BrNO/c1-10-5-2-3-7-13(10)17-14-8-4-6-12(15)11(14)9-16/h2-8H,1H3. The zero-order valence-electron chi connectivity index (χ0n) is 9.27. The molecule has 0 saturated heterocycles. The Hall–Kier alpha value is -1.79. The van der Waals surface area contributed by atoms with Crippen LogP contribution in [0.5, 0.6) is 11.5 Å². The molecule has 0 aliphatic carbocycles. The van der Waals surface area contributed by atoms with Crippen LogP contribution in [0.25, 0.3) is 0 Å². The van der Waals surface area contributed by atoms with Crippen LogP contribution in [-0.4, -0.2) is 0 Å². The van der Waals surface area contributed by atoms with Crippen LogP contribution in [0.1, 0.15) is 11.1 Å². The molecule has 0 amide bonds. The average molecular weight is 288 g/mol. The summed E-state index contributed by atoms with van der Waals surface area (Å²) in [4.78, 5) is 0. The van der Waals surface area contributed by atoms with E-state index >= 15 is 0 Å². The Bertz CT molecular complexity index is 587. The Morgan fingerprint density at radius 1 is 1.06 bits per heavy atom. The van der Waals surface area contributed by atoms with E-state index in [9.17, 15) is 0 Å². The van der Waals surface area contributed by atoms with Gasteiger partial charge in [-0.2, -0.15) is 5.26 Å². The molecule has 0 N–H and O–H groups in total. The van der Waals surface area contributed by atoms with E-state index in [1.54, 1.807) is 6.07 Å². The molecule has 2 aromatic carbocycles.